The van der Waals surface area contributed by atoms with Crippen LogP contribution in [0.4, 0.5) is 0 Å². The molecule has 0 aliphatic heterocycles. The molecule has 0 fully saturated rings. The number of carbonyl (C=O) groups is 7. The summed E-state index contributed by atoms with van der Waals surface area (Å²) in [7, 11) is 1.27. The molecule has 57 heavy (non-hydrogen) atoms. The first-order chi connectivity index (χ1) is 27.1. The molecule has 0 radical (unpaired) electrons. The average molecular weight is 791 g/mol. The summed E-state index contributed by atoms with van der Waals surface area (Å²) in [5.41, 5.74) is 2.20. The van der Waals surface area contributed by atoms with Gasteiger partial charge in [-0.1, -0.05) is 107 Å². The molecule has 2 rings (SSSR count). The number of ether oxygens (including phenoxy) is 1. The Labute approximate surface area is 337 Å². The van der Waals surface area contributed by atoms with Crippen molar-refractivity contribution in [1.29, 1.82) is 0 Å². The molecule has 0 aliphatic rings. The third kappa shape index (κ3) is 19.4. The third-order valence-corrected chi connectivity index (χ3v) is 9.08. The van der Waals surface area contributed by atoms with Crippen molar-refractivity contribution in [2.24, 2.45) is 33.8 Å². The number of hydrogen-bond donors (Lipinski definition) is 3. The minimum absolute atomic E-state index is 0.0194. The highest BCUT2D eigenvalue weighted by molar-refractivity contribution is 6.40. The SMILES string of the molecule is CC/C(=N\O)C(=O)C[C@@H](CC(C)C)C(=O)N[C@@H](Cc1ccccc1)C(=O)OC.CCC(=NCC=O)C(=O)C[C@@H](CC(C)C)C(=O)N[C@@H](Cc1ccccc1)C(C)=O. The molecule has 0 saturated heterocycles. The second-order valence-electron chi connectivity index (χ2n) is 14.8. The molecule has 13 heteroatoms. The predicted octanol–water partition coefficient (Wildman–Crippen LogP) is 5.72. The number of aldehydes is 1. The first-order valence-electron chi connectivity index (χ1n) is 19.6. The molecule has 2 amide bonds. The van der Waals surface area contributed by atoms with Crippen LogP contribution in [0.2, 0.25) is 0 Å². The number of oxime groups is 1. The molecule has 0 unspecified atom stereocenters. The van der Waals surface area contributed by atoms with Gasteiger partial charge in [0.05, 0.1) is 25.4 Å². The first kappa shape index (κ1) is 49.7. The van der Waals surface area contributed by atoms with E-state index in [0.717, 1.165) is 11.1 Å². The number of amides is 2. The van der Waals surface area contributed by atoms with Crippen molar-refractivity contribution in [2.75, 3.05) is 13.7 Å². The smallest absolute Gasteiger partial charge is 0.328 e. The van der Waals surface area contributed by atoms with Crippen molar-refractivity contribution < 1.29 is 43.5 Å². The van der Waals surface area contributed by atoms with Crippen molar-refractivity contribution in [3.05, 3.63) is 71.8 Å². The highest BCUT2D eigenvalue weighted by Crippen LogP contribution is 2.20. The number of benzene rings is 2. The Bertz CT molecular complexity index is 1660. The van der Waals surface area contributed by atoms with E-state index in [0.29, 0.717) is 44.1 Å². The van der Waals surface area contributed by atoms with Crippen LogP contribution < -0.4 is 10.6 Å². The second-order valence-corrected chi connectivity index (χ2v) is 14.8. The number of esters is 1. The van der Waals surface area contributed by atoms with Gasteiger partial charge in [-0.05, 0) is 62.0 Å². The lowest BCUT2D eigenvalue weighted by molar-refractivity contribution is -0.145. The van der Waals surface area contributed by atoms with Crippen LogP contribution >= 0.6 is 0 Å². The number of hydrogen-bond acceptors (Lipinski definition) is 11. The van der Waals surface area contributed by atoms with Gasteiger partial charge in [0, 0.05) is 31.1 Å². The minimum atomic E-state index is -0.846. The zero-order chi connectivity index (χ0) is 42.9. The lowest BCUT2D eigenvalue weighted by Crippen LogP contribution is -2.46. The van der Waals surface area contributed by atoms with E-state index >= 15 is 0 Å². The largest absolute Gasteiger partial charge is 0.467 e. The van der Waals surface area contributed by atoms with E-state index in [4.69, 9.17) is 9.94 Å². The number of nitrogens with zero attached hydrogens (tertiary/aromatic N) is 2. The normalized spacial score (nSPS) is 13.6. The van der Waals surface area contributed by atoms with Crippen LogP contribution in [0.15, 0.2) is 70.8 Å². The Morgan fingerprint density at radius 3 is 1.49 bits per heavy atom. The van der Waals surface area contributed by atoms with E-state index < -0.39 is 29.9 Å². The molecule has 0 heterocycles. The zero-order valence-corrected chi connectivity index (χ0v) is 34.8. The maximum atomic E-state index is 12.9. The van der Waals surface area contributed by atoms with Gasteiger partial charge in [-0.2, -0.15) is 0 Å². The molecule has 3 N–H and O–H groups in total. The maximum Gasteiger partial charge on any atom is 0.328 e. The van der Waals surface area contributed by atoms with Crippen molar-refractivity contribution in [3.8, 4) is 0 Å². The van der Waals surface area contributed by atoms with Crippen LogP contribution in [0.3, 0.4) is 0 Å². The van der Waals surface area contributed by atoms with Crippen molar-refractivity contribution in [1.82, 2.24) is 10.6 Å². The molecule has 2 aromatic carbocycles. The van der Waals surface area contributed by atoms with E-state index in [1.54, 1.807) is 13.8 Å². The number of Topliss-reactive ketones (excluding diaryl/α,β-unsaturated/α-hetero) is 3. The van der Waals surface area contributed by atoms with Crippen LogP contribution in [-0.4, -0.2) is 83.8 Å². The fourth-order valence-electron chi connectivity index (χ4n) is 6.17. The van der Waals surface area contributed by atoms with Gasteiger partial charge in [0.15, 0.2) is 17.3 Å². The van der Waals surface area contributed by atoms with Gasteiger partial charge in [-0.15, -0.1) is 0 Å². The van der Waals surface area contributed by atoms with Gasteiger partial charge in [0.25, 0.3) is 0 Å². The summed E-state index contributed by atoms with van der Waals surface area (Å²) in [6.07, 6.45) is 2.98. The summed E-state index contributed by atoms with van der Waals surface area (Å²) < 4.78 is 4.83. The molecule has 2 aromatic rings. The molecular formula is C44H62N4O9. The van der Waals surface area contributed by atoms with E-state index in [9.17, 15) is 33.6 Å². The molecule has 312 valence electrons. The second kappa shape index (κ2) is 27.3. The standard InChI is InChI=1S/C23H32N2O4.C21H30N2O5/c1-5-20(24-11-12-26)22(28)15-19(13-16(2)3)23(29)25-21(17(4)27)14-18-9-7-6-8-10-18;1-5-17(23-27)19(24)13-16(11-14(2)3)20(25)22-18(21(26)28-4)12-15-9-7-6-8-10-15/h6-10,12,16,19,21H,5,11,13-15H2,1-4H3,(H,25,29);6-10,14,16,18,27H,5,11-13H2,1-4H3,(H,22,25)/b;23-17+/t19-,21+;16-,18+/m11/s1. The zero-order valence-electron chi connectivity index (χ0n) is 34.8. The number of ketones is 3. The molecular weight excluding hydrogens is 729 g/mol. The summed E-state index contributed by atoms with van der Waals surface area (Å²) in [4.78, 5) is 89.5. The first-order valence-corrected chi connectivity index (χ1v) is 19.6. The number of methoxy groups -OCH3 is 1. The molecule has 13 nitrogen and oxygen atoms in total. The predicted molar refractivity (Wildman–Crippen MR) is 220 cm³/mol. The van der Waals surface area contributed by atoms with Crippen molar-refractivity contribution >= 4 is 52.8 Å². The fraction of sp³-hybridized carbons (Fsp3) is 0.523. The Kier molecular flexibility index (Phi) is 23.8. The van der Waals surface area contributed by atoms with Crippen LogP contribution in [0.1, 0.15) is 98.1 Å². The Morgan fingerprint density at radius 2 is 1.12 bits per heavy atom. The quantitative estimate of drug-likeness (QED) is 0.0391. The van der Waals surface area contributed by atoms with Crippen LogP contribution in [0, 0.1) is 23.7 Å². The highest BCUT2D eigenvalue weighted by atomic mass is 16.5. The lowest BCUT2D eigenvalue weighted by atomic mass is 9.89. The monoisotopic (exact) mass is 790 g/mol. The van der Waals surface area contributed by atoms with Gasteiger partial charge in [0.2, 0.25) is 11.8 Å². The molecule has 0 saturated carbocycles. The van der Waals surface area contributed by atoms with E-state index in [2.05, 4.69) is 20.8 Å². The maximum absolute atomic E-state index is 12.9. The van der Waals surface area contributed by atoms with Crippen LogP contribution in [-0.2, 0) is 51.1 Å². The van der Waals surface area contributed by atoms with Crippen molar-refractivity contribution in [3.63, 3.8) is 0 Å². The molecule has 0 bridgehead atoms. The van der Waals surface area contributed by atoms with E-state index in [-0.39, 0.29) is 72.5 Å². The van der Waals surface area contributed by atoms with Gasteiger partial charge in [-0.3, -0.25) is 29.0 Å². The summed E-state index contributed by atoms with van der Waals surface area (Å²) in [6, 6.07) is 17.3. The van der Waals surface area contributed by atoms with E-state index in [1.807, 2.05) is 88.4 Å². The van der Waals surface area contributed by atoms with Gasteiger partial charge < -0.3 is 25.4 Å². The Balaban J connectivity index is 0.000000570. The Morgan fingerprint density at radius 1 is 0.702 bits per heavy atom. The number of aliphatic imine (C=N–C) groups is 1. The number of nitrogens with one attached hydrogen (secondary N) is 2. The topological polar surface area (TPSA) is 198 Å². The average Bonchev–Trinajstić information content (AvgIpc) is 3.17. The minimum Gasteiger partial charge on any atom is -0.467 e. The number of rotatable bonds is 24. The third-order valence-electron chi connectivity index (χ3n) is 9.08. The summed E-state index contributed by atoms with van der Waals surface area (Å²) in [6.45, 7) is 12.8. The summed E-state index contributed by atoms with van der Waals surface area (Å²) in [5.74, 6) is -2.74. The highest BCUT2D eigenvalue weighted by Gasteiger charge is 2.30. The van der Waals surface area contributed by atoms with Crippen molar-refractivity contribution in [2.45, 2.75) is 112 Å². The lowest BCUT2D eigenvalue weighted by Gasteiger charge is -2.22. The molecule has 0 aliphatic carbocycles. The fourth-order valence-corrected chi connectivity index (χ4v) is 6.17. The van der Waals surface area contributed by atoms with Crippen LogP contribution in [0.5, 0.6) is 0 Å². The summed E-state index contributed by atoms with van der Waals surface area (Å²) >= 11 is 0. The molecule has 4 atom stereocenters. The van der Waals surface area contributed by atoms with Crippen LogP contribution in [0.25, 0.3) is 0 Å². The summed E-state index contributed by atoms with van der Waals surface area (Å²) in [5, 5.41) is 17.5. The Hall–Kier alpha value is -5.33. The molecule has 0 spiro atoms. The van der Waals surface area contributed by atoms with E-state index in [1.165, 1.54) is 14.0 Å². The van der Waals surface area contributed by atoms with Gasteiger partial charge in [0.1, 0.15) is 18.0 Å². The number of carbonyl (C=O) groups excluding carboxylic acids is 7. The van der Waals surface area contributed by atoms with Gasteiger partial charge in [-0.25, -0.2) is 4.79 Å². The molecule has 0 aromatic heterocycles. The van der Waals surface area contributed by atoms with Gasteiger partial charge >= 0.3 is 5.97 Å².